The second kappa shape index (κ2) is 6.05. The van der Waals surface area contributed by atoms with Gasteiger partial charge in [0.1, 0.15) is 6.04 Å². The monoisotopic (exact) mass is 276 g/mol. The summed E-state index contributed by atoms with van der Waals surface area (Å²) in [6.45, 7) is 2.41. The molecule has 1 aromatic carbocycles. The fourth-order valence-electron chi connectivity index (χ4n) is 2.64. The number of carbonyl (C=O) groups excluding carboxylic acids is 1. The number of carboxylic acids is 1. The highest BCUT2D eigenvalue weighted by molar-refractivity contribution is 5.87. The molecular formula is C15H20N2O3. The lowest BCUT2D eigenvalue weighted by Crippen LogP contribution is -2.52. The van der Waals surface area contributed by atoms with Gasteiger partial charge < -0.3 is 15.3 Å². The van der Waals surface area contributed by atoms with E-state index in [0.29, 0.717) is 19.4 Å². The van der Waals surface area contributed by atoms with Gasteiger partial charge in [0.2, 0.25) is 5.91 Å². The van der Waals surface area contributed by atoms with Crippen LogP contribution in [0.25, 0.3) is 0 Å². The van der Waals surface area contributed by atoms with E-state index in [-0.39, 0.29) is 11.9 Å². The average molecular weight is 276 g/mol. The summed E-state index contributed by atoms with van der Waals surface area (Å²) in [5, 5.41) is 12.3. The van der Waals surface area contributed by atoms with Crippen molar-refractivity contribution >= 4 is 11.9 Å². The van der Waals surface area contributed by atoms with E-state index in [4.69, 9.17) is 5.11 Å². The molecule has 1 aliphatic rings. The summed E-state index contributed by atoms with van der Waals surface area (Å²) in [5.74, 6) is -1.12. The molecule has 2 atom stereocenters. The molecule has 2 rings (SSSR count). The minimum Gasteiger partial charge on any atom is -0.480 e. The van der Waals surface area contributed by atoms with E-state index in [1.165, 1.54) is 10.5 Å². The number of hydrogen-bond acceptors (Lipinski definition) is 3. The molecule has 0 radical (unpaired) electrons. The summed E-state index contributed by atoms with van der Waals surface area (Å²) in [7, 11) is 1.56. The Morgan fingerprint density at radius 1 is 1.40 bits per heavy atom. The van der Waals surface area contributed by atoms with E-state index < -0.39 is 12.0 Å². The van der Waals surface area contributed by atoms with Gasteiger partial charge in [-0.2, -0.15) is 0 Å². The first-order valence-electron chi connectivity index (χ1n) is 6.84. The van der Waals surface area contributed by atoms with Crippen LogP contribution < -0.4 is 5.32 Å². The summed E-state index contributed by atoms with van der Waals surface area (Å²) in [6.07, 6.45) is 1.01. The van der Waals surface area contributed by atoms with Gasteiger partial charge in [0, 0.05) is 13.6 Å². The Hall–Kier alpha value is -1.88. The summed E-state index contributed by atoms with van der Waals surface area (Å²) in [4.78, 5) is 24.9. The summed E-state index contributed by atoms with van der Waals surface area (Å²) >= 11 is 0. The van der Waals surface area contributed by atoms with Gasteiger partial charge in [-0.25, -0.2) is 4.79 Å². The molecule has 0 aromatic heterocycles. The predicted molar refractivity (Wildman–Crippen MR) is 75.3 cm³/mol. The lowest BCUT2D eigenvalue weighted by Gasteiger charge is -2.31. The molecule has 5 heteroatoms. The fraction of sp³-hybridized carbons (Fsp3) is 0.467. The normalized spacial score (nSPS) is 19.0. The molecule has 1 aromatic rings. The maximum absolute atomic E-state index is 12.4. The van der Waals surface area contributed by atoms with Crippen molar-refractivity contribution in [3.63, 3.8) is 0 Å². The van der Waals surface area contributed by atoms with Gasteiger partial charge in [0.25, 0.3) is 0 Å². The SMILES string of the molecule is CCC(C(=O)O)N(C)C(=O)[C@H]1Cc2ccccc2CN1. The number of fused-ring (bicyclic) bond motifs is 1. The van der Waals surface area contributed by atoms with E-state index in [2.05, 4.69) is 5.32 Å². The highest BCUT2D eigenvalue weighted by Crippen LogP contribution is 2.18. The Morgan fingerprint density at radius 2 is 2.05 bits per heavy atom. The van der Waals surface area contributed by atoms with Crippen LogP contribution >= 0.6 is 0 Å². The minimum absolute atomic E-state index is 0.159. The molecule has 0 aliphatic carbocycles. The van der Waals surface area contributed by atoms with Crippen molar-refractivity contribution in [1.29, 1.82) is 0 Å². The molecule has 0 saturated heterocycles. The van der Waals surface area contributed by atoms with Gasteiger partial charge in [-0.3, -0.25) is 4.79 Å². The maximum Gasteiger partial charge on any atom is 0.326 e. The first-order chi connectivity index (χ1) is 9.54. The lowest BCUT2D eigenvalue weighted by molar-refractivity contribution is -0.150. The van der Waals surface area contributed by atoms with Gasteiger partial charge in [0.05, 0.1) is 6.04 Å². The minimum atomic E-state index is -0.959. The predicted octanol–water partition coefficient (Wildman–Crippen LogP) is 1.02. The largest absolute Gasteiger partial charge is 0.480 e. The smallest absolute Gasteiger partial charge is 0.326 e. The van der Waals surface area contributed by atoms with Crippen molar-refractivity contribution in [3.8, 4) is 0 Å². The molecule has 1 heterocycles. The molecule has 1 unspecified atom stereocenters. The standard InChI is InChI=1S/C15H20N2O3/c1-3-13(15(19)20)17(2)14(18)12-8-10-6-4-5-7-11(10)9-16-12/h4-7,12-13,16H,3,8-9H2,1-2H3,(H,19,20)/t12-,13?/m1/s1. The van der Waals surface area contributed by atoms with E-state index >= 15 is 0 Å². The Bertz CT molecular complexity index is 516. The van der Waals surface area contributed by atoms with Crippen molar-refractivity contribution in [2.24, 2.45) is 0 Å². The quantitative estimate of drug-likeness (QED) is 0.861. The highest BCUT2D eigenvalue weighted by Gasteiger charge is 2.31. The molecule has 5 nitrogen and oxygen atoms in total. The van der Waals surface area contributed by atoms with Crippen LogP contribution in [0.1, 0.15) is 24.5 Å². The van der Waals surface area contributed by atoms with Crippen LogP contribution in [0.2, 0.25) is 0 Å². The van der Waals surface area contributed by atoms with Crippen LogP contribution in [0.4, 0.5) is 0 Å². The van der Waals surface area contributed by atoms with Crippen molar-refractivity contribution in [2.45, 2.75) is 38.4 Å². The highest BCUT2D eigenvalue weighted by atomic mass is 16.4. The number of rotatable bonds is 4. The molecule has 108 valence electrons. The van der Waals surface area contributed by atoms with Gasteiger partial charge in [0.15, 0.2) is 0 Å². The van der Waals surface area contributed by atoms with Gasteiger partial charge in [-0.15, -0.1) is 0 Å². The van der Waals surface area contributed by atoms with E-state index in [0.717, 1.165) is 5.56 Å². The van der Waals surface area contributed by atoms with Crippen molar-refractivity contribution in [3.05, 3.63) is 35.4 Å². The maximum atomic E-state index is 12.4. The van der Waals surface area contributed by atoms with Gasteiger partial charge in [-0.1, -0.05) is 31.2 Å². The van der Waals surface area contributed by atoms with Crippen molar-refractivity contribution < 1.29 is 14.7 Å². The van der Waals surface area contributed by atoms with Crippen LogP contribution in [0, 0.1) is 0 Å². The third kappa shape index (κ3) is 2.82. The number of hydrogen-bond donors (Lipinski definition) is 2. The van der Waals surface area contributed by atoms with E-state index in [9.17, 15) is 9.59 Å². The molecule has 0 fully saturated rings. The van der Waals surface area contributed by atoms with Crippen LogP contribution in [0.5, 0.6) is 0 Å². The molecule has 2 N–H and O–H groups in total. The number of carbonyl (C=O) groups is 2. The Labute approximate surface area is 118 Å². The molecule has 1 aliphatic heterocycles. The summed E-state index contributed by atoms with van der Waals surface area (Å²) < 4.78 is 0. The number of nitrogens with one attached hydrogen (secondary N) is 1. The third-order valence-electron chi connectivity index (χ3n) is 3.87. The molecule has 1 amide bonds. The van der Waals surface area contributed by atoms with E-state index in [1.54, 1.807) is 14.0 Å². The Kier molecular flexibility index (Phi) is 4.39. The first kappa shape index (κ1) is 14.5. The topological polar surface area (TPSA) is 69.6 Å². The second-order valence-corrected chi connectivity index (χ2v) is 5.12. The zero-order valence-corrected chi connectivity index (χ0v) is 11.8. The van der Waals surface area contributed by atoms with Crippen LogP contribution in [0.3, 0.4) is 0 Å². The van der Waals surface area contributed by atoms with Crippen LogP contribution in [-0.4, -0.2) is 41.0 Å². The first-order valence-corrected chi connectivity index (χ1v) is 6.84. The number of amides is 1. The zero-order valence-electron chi connectivity index (χ0n) is 11.8. The molecule has 0 bridgehead atoms. The molecular weight excluding hydrogens is 256 g/mol. The zero-order chi connectivity index (χ0) is 14.7. The van der Waals surface area contributed by atoms with Gasteiger partial charge in [-0.05, 0) is 24.0 Å². The van der Waals surface area contributed by atoms with Crippen LogP contribution in [-0.2, 0) is 22.6 Å². The number of nitrogens with zero attached hydrogens (tertiary/aromatic N) is 1. The number of likely N-dealkylation sites (N-methyl/N-ethyl adjacent to an activating group) is 1. The number of benzene rings is 1. The van der Waals surface area contributed by atoms with Crippen molar-refractivity contribution in [1.82, 2.24) is 10.2 Å². The molecule has 0 saturated carbocycles. The number of aliphatic carboxylic acids is 1. The summed E-state index contributed by atoms with van der Waals surface area (Å²) in [5.41, 5.74) is 2.35. The number of carboxylic acid groups (broad SMARTS) is 1. The molecule has 20 heavy (non-hydrogen) atoms. The average Bonchev–Trinajstić information content (AvgIpc) is 2.46. The Balaban J connectivity index is 2.10. The van der Waals surface area contributed by atoms with E-state index in [1.807, 2.05) is 24.3 Å². The Morgan fingerprint density at radius 3 is 2.65 bits per heavy atom. The second-order valence-electron chi connectivity index (χ2n) is 5.12. The van der Waals surface area contributed by atoms with Crippen molar-refractivity contribution in [2.75, 3.05) is 7.05 Å². The molecule has 0 spiro atoms. The third-order valence-corrected chi connectivity index (χ3v) is 3.87. The summed E-state index contributed by atoms with van der Waals surface area (Å²) in [6, 6.07) is 6.89. The van der Waals surface area contributed by atoms with Gasteiger partial charge >= 0.3 is 5.97 Å². The fourth-order valence-corrected chi connectivity index (χ4v) is 2.64. The lowest BCUT2D eigenvalue weighted by atomic mass is 9.95. The van der Waals surface area contributed by atoms with Crippen LogP contribution in [0.15, 0.2) is 24.3 Å².